The lowest BCUT2D eigenvalue weighted by Crippen LogP contribution is -1.97. The highest BCUT2D eigenvalue weighted by molar-refractivity contribution is 5.85. The van der Waals surface area contributed by atoms with E-state index in [9.17, 15) is 0 Å². The van der Waals surface area contributed by atoms with Gasteiger partial charge < -0.3 is 4.74 Å². The first-order chi connectivity index (χ1) is 8.41. The molecule has 18 heavy (non-hydrogen) atoms. The van der Waals surface area contributed by atoms with Gasteiger partial charge in [-0.3, -0.25) is 0 Å². The molecule has 0 aliphatic rings. The topological polar surface area (TPSA) is 9.23 Å². The van der Waals surface area contributed by atoms with Crippen LogP contribution in [0.2, 0.25) is 0 Å². The number of unbranched alkanes of at least 4 members (excludes halogenated alkanes) is 10. The Morgan fingerprint density at radius 2 is 0.833 bits per heavy atom. The van der Waals surface area contributed by atoms with E-state index in [0.717, 1.165) is 13.2 Å². The summed E-state index contributed by atoms with van der Waals surface area (Å²) in [5.74, 6) is 0. The van der Waals surface area contributed by atoms with Gasteiger partial charge in [-0.2, -0.15) is 0 Å². The molecular formula is C16H35ClO. The molecule has 0 amide bonds. The lowest BCUT2D eigenvalue weighted by atomic mass is 10.1. The van der Waals surface area contributed by atoms with Gasteiger partial charge >= 0.3 is 0 Å². The maximum atomic E-state index is 5.65. The van der Waals surface area contributed by atoms with Gasteiger partial charge in [0.25, 0.3) is 0 Å². The third-order valence-corrected chi connectivity index (χ3v) is 3.28. The van der Waals surface area contributed by atoms with Gasteiger partial charge in [-0.25, -0.2) is 0 Å². The standard InChI is InChI=1S/C16H34O.ClH/c1-3-5-7-9-11-13-15-17-16-14-12-10-8-6-4-2;/h3-16H2,1-2H3;1H. The molecule has 0 fully saturated rings. The third-order valence-electron chi connectivity index (χ3n) is 3.28. The van der Waals surface area contributed by atoms with Gasteiger partial charge in [0.15, 0.2) is 0 Å². The van der Waals surface area contributed by atoms with Gasteiger partial charge in [-0.15, -0.1) is 12.4 Å². The average Bonchev–Trinajstić information content (AvgIpc) is 2.35. The molecular weight excluding hydrogens is 244 g/mol. The summed E-state index contributed by atoms with van der Waals surface area (Å²) >= 11 is 0. The Kier molecular flexibility index (Phi) is 22.4. The Morgan fingerprint density at radius 1 is 0.500 bits per heavy atom. The van der Waals surface area contributed by atoms with Crippen LogP contribution in [0, 0.1) is 0 Å². The molecule has 0 aliphatic carbocycles. The normalized spacial score (nSPS) is 10.3. The van der Waals surface area contributed by atoms with Crippen molar-refractivity contribution in [3.63, 3.8) is 0 Å². The molecule has 112 valence electrons. The molecule has 0 aliphatic heterocycles. The summed E-state index contributed by atoms with van der Waals surface area (Å²) in [4.78, 5) is 0. The fourth-order valence-corrected chi connectivity index (χ4v) is 2.07. The highest BCUT2D eigenvalue weighted by Crippen LogP contribution is 2.06. The molecule has 0 atom stereocenters. The number of rotatable bonds is 14. The SMILES string of the molecule is CCCCCCCCOCCCCCCCC.Cl. The summed E-state index contributed by atoms with van der Waals surface area (Å²) < 4.78 is 5.65. The molecule has 0 bridgehead atoms. The smallest absolute Gasteiger partial charge is 0.0466 e. The summed E-state index contributed by atoms with van der Waals surface area (Å²) in [6.07, 6.45) is 16.3. The highest BCUT2D eigenvalue weighted by Gasteiger charge is 1.92. The van der Waals surface area contributed by atoms with Crippen molar-refractivity contribution < 1.29 is 4.74 Å². The zero-order chi connectivity index (χ0) is 12.6. The first-order valence-electron chi connectivity index (χ1n) is 7.99. The van der Waals surface area contributed by atoms with E-state index >= 15 is 0 Å². The van der Waals surface area contributed by atoms with E-state index in [0.29, 0.717) is 0 Å². The molecule has 0 spiro atoms. The first-order valence-corrected chi connectivity index (χ1v) is 7.99. The van der Waals surface area contributed by atoms with Crippen molar-refractivity contribution in [1.82, 2.24) is 0 Å². The quantitative estimate of drug-likeness (QED) is 0.347. The second-order valence-corrected chi connectivity index (χ2v) is 5.15. The molecule has 2 heteroatoms. The van der Waals surface area contributed by atoms with Gasteiger partial charge in [0.1, 0.15) is 0 Å². The maximum absolute atomic E-state index is 5.65. The predicted octanol–water partition coefficient (Wildman–Crippen LogP) is 6.15. The van der Waals surface area contributed by atoms with Crippen molar-refractivity contribution in [3.05, 3.63) is 0 Å². The minimum Gasteiger partial charge on any atom is -0.381 e. The average molecular weight is 279 g/mol. The van der Waals surface area contributed by atoms with Crippen molar-refractivity contribution in [1.29, 1.82) is 0 Å². The lowest BCUT2D eigenvalue weighted by molar-refractivity contribution is 0.125. The Morgan fingerprint density at radius 3 is 1.22 bits per heavy atom. The largest absolute Gasteiger partial charge is 0.381 e. The van der Waals surface area contributed by atoms with E-state index in [2.05, 4.69) is 13.8 Å². The molecule has 0 aromatic carbocycles. The molecule has 0 saturated carbocycles. The highest BCUT2D eigenvalue weighted by atomic mass is 35.5. The molecule has 1 nitrogen and oxygen atoms in total. The number of ether oxygens (including phenoxy) is 1. The van der Waals surface area contributed by atoms with Gasteiger partial charge in [-0.1, -0.05) is 78.1 Å². The van der Waals surface area contributed by atoms with Crippen LogP contribution in [-0.2, 0) is 4.74 Å². The number of hydrogen-bond donors (Lipinski definition) is 0. The van der Waals surface area contributed by atoms with E-state index in [1.165, 1.54) is 77.0 Å². The maximum Gasteiger partial charge on any atom is 0.0466 e. The summed E-state index contributed by atoms with van der Waals surface area (Å²) in [6, 6.07) is 0. The Labute approximate surface area is 121 Å². The predicted molar refractivity (Wildman–Crippen MR) is 84.8 cm³/mol. The minimum absolute atomic E-state index is 0. The van der Waals surface area contributed by atoms with Crippen molar-refractivity contribution in [2.75, 3.05) is 13.2 Å². The van der Waals surface area contributed by atoms with Crippen LogP contribution >= 0.6 is 12.4 Å². The molecule has 0 unspecified atom stereocenters. The van der Waals surface area contributed by atoms with Crippen LogP contribution in [0.5, 0.6) is 0 Å². The minimum atomic E-state index is 0. The number of hydrogen-bond acceptors (Lipinski definition) is 1. The molecule has 0 rings (SSSR count). The third kappa shape index (κ3) is 18.6. The zero-order valence-corrected chi connectivity index (χ0v) is 13.5. The van der Waals surface area contributed by atoms with E-state index in [4.69, 9.17) is 4.74 Å². The van der Waals surface area contributed by atoms with Gasteiger partial charge in [0.05, 0.1) is 0 Å². The second-order valence-electron chi connectivity index (χ2n) is 5.15. The molecule has 0 heterocycles. The van der Waals surface area contributed by atoms with Gasteiger partial charge in [-0.05, 0) is 12.8 Å². The van der Waals surface area contributed by atoms with Crippen LogP contribution in [0.1, 0.15) is 90.9 Å². The van der Waals surface area contributed by atoms with Crippen LogP contribution < -0.4 is 0 Å². The molecule has 0 radical (unpaired) electrons. The Balaban J connectivity index is 0. The van der Waals surface area contributed by atoms with E-state index in [-0.39, 0.29) is 12.4 Å². The summed E-state index contributed by atoms with van der Waals surface area (Å²) in [7, 11) is 0. The fourth-order valence-electron chi connectivity index (χ4n) is 2.07. The van der Waals surface area contributed by atoms with E-state index < -0.39 is 0 Å². The Hall–Kier alpha value is 0.250. The van der Waals surface area contributed by atoms with Gasteiger partial charge in [0.2, 0.25) is 0 Å². The van der Waals surface area contributed by atoms with Gasteiger partial charge in [0, 0.05) is 13.2 Å². The van der Waals surface area contributed by atoms with Crippen LogP contribution in [0.3, 0.4) is 0 Å². The summed E-state index contributed by atoms with van der Waals surface area (Å²) in [5.41, 5.74) is 0. The Bertz CT molecular complexity index is 114. The number of halogens is 1. The summed E-state index contributed by atoms with van der Waals surface area (Å²) in [6.45, 7) is 6.51. The van der Waals surface area contributed by atoms with Crippen molar-refractivity contribution in [3.8, 4) is 0 Å². The molecule has 0 saturated heterocycles. The van der Waals surface area contributed by atoms with Crippen molar-refractivity contribution in [2.45, 2.75) is 90.9 Å². The molecule has 0 N–H and O–H groups in total. The van der Waals surface area contributed by atoms with Crippen molar-refractivity contribution in [2.24, 2.45) is 0 Å². The second kappa shape index (κ2) is 19.6. The monoisotopic (exact) mass is 278 g/mol. The van der Waals surface area contributed by atoms with Crippen molar-refractivity contribution >= 4 is 12.4 Å². The van der Waals surface area contributed by atoms with Crippen LogP contribution in [0.15, 0.2) is 0 Å². The molecule has 0 aromatic rings. The zero-order valence-electron chi connectivity index (χ0n) is 12.7. The lowest BCUT2D eigenvalue weighted by Gasteiger charge is -2.04. The molecule has 0 aromatic heterocycles. The van der Waals surface area contributed by atoms with Crippen LogP contribution in [0.4, 0.5) is 0 Å². The fraction of sp³-hybridized carbons (Fsp3) is 1.00. The first kappa shape index (κ1) is 20.6. The van der Waals surface area contributed by atoms with Crippen LogP contribution in [-0.4, -0.2) is 13.2 Å². The van der Waals surface area contributed by atoms with E-state index in [1.54, 1.807) is 0 Å². The summed E-state index contributed by atoms with van der Waals surface area (Å²) in [5, 5.41) is 0. The van der Waals surface area contributed by atoms with Crippen LogP contribution in [0.25, 0.3) is 0 Å². The van der Waals surface area contributed by atoms with E-state index in [1.807, 2.05) is 0 Å².